The standard InChI is InChI=1S/C30H39N5O4/c1-5-38-28(36)24-12-14-34(15-13-24)27-20-32-26(19-31)25(33-27)18-21-6-8-22(9-7-21)23-10-16-35(17-11-23)29(37)39-30(2,3)4/h6-9,20,23-24H,5,10-18H2,1-4H3. The number of likely N-dealkylation sites (tertiary alicyclic amines) is 1. The van der Waals surface area contributed by atoms with Crippen LogP contribution < -0.4 is 4.90 Å². The molecule has 2 aliphatic rings. The van der Waals surface area contributed by atoms with Crippen molar-refractivity contribution in [3.8, 4) is 6.07 Å². The van der Waals surface area contributed by atoms with Crippen molar-refractivity contribution >= 4 is 17.9 Å². The van der Waals surface area contributed by atoms with E-state index in [0.717, 1.165) is 24.2 Å². The maximum atomic E-state index is 12.4. The number of aromatic nitrogens is 2. The predicted molar refractivity (Wildman–Crippen MR) is 147 cm³/mol. The molecule has 39 heavy (non-hydrogen) atoms. The van der Waals surface area contributed by atoms with Gasteiger partial charge in [-0.05, 0) is 70.4 Å². The van der Waals surface area contributed by atoms with Crippen LogP contribution in [0.25, 0.3) is 0 Å². The Morgan fingerprint density at radius 1 is 1.05 bits per heavy atom. The minimum absolute atomic E-state index is 0.0740. The Morgan fingerprint density at radius 3 is 2.31 bits per heavy atom. The van der Waals surface area contributed by atoms with E-state index in [0.29, 0.717) is 69.4 Å². The highest BCUT2D eigenvalue weighted by atomic mass is 16.6. The topological polar surface area (TPSA) is 109 Å². The molecule has 2 aromatic rings. The quantitative estimate of drug-likeness (QED) is 0.486. The maximum absolute atomic E-state index is 12.4. The van der Waals surface area contributed by atoms with E-state index >= 15 is 0 Å². The first-order valence-corrected chi connectivity index (χ1v) is 13.9. The molecule has 208 valence electrons. The van der Waals surface area contributed by atoms with Gasteiger partial charge in [-0.15, -0.1) is 0 Å². The van der Waals surface area contributed by atoms with Gasteiger partial charge in [-0.2, -0.15) is 5.26 Å². The number of hydrogen-bond acceptors (Lipinski definition) is 8. The molecule has 0 atom stereocenters. The number of esters is 1. The number of nitriles is 1. The Balaban J connectivity index is 1.36. The largest absolute Gasteiger partial charge is 0.466 e. The Bertz CT molecular complexity index is 1190. The van der Waals surface area contributed by atoms with Crippen LogP contribution in [0.15, 0.2) is 30.5 Å². The third-order valence-corrected chi connectivity index (χ3v) is 7.35. The van der Waals surface area contributed by atoms with Crippen LogP contribution in [0.1, 0.15) is 81.8 Å². The van der Waals surface area contributed by atoms with Gasteiger partial charge < -0.3 is 19.3 Å². The molecule has 0 saturated carbocycles. The van der Waals surface area contributed by atoms with E-state index in [1.165, 1.54) is 5.56 Å². The molecule has 0 bridgehead atoms. The molecule has 2 saturated heterocycles. The van der Waals surface area contributed by atoms with Crippen molar-refractivity contribution in [2.75, 3.05) is 37.7 Å². The molecule has 9 nitrogen and oxygen atoms in total. The number of carbonyl (C=O) groups excluding carboxylic acids is 2. The van der Waals surface area contributed by atoms with E-state index in [-0.39, 0.29) is 18.0 Å². The molecule has 3 heterocycles. The molecular formula is C30H39N5O4. The van der Waals surface area contributed by atoms with E-state index in [9.17, 15) is 14.9 Å². The summed E-state index contributed by atoms with van der Waals surface area (Å²) in [5.74, 6) is 0.934. The van der Waals surface area contributed by atoms with E-state index in [1.807, 2.05) is 27.7 Å². The second kappa shape index (κ2) is 12.5. The lowest BCUT2D eigenvalue weighted by Gasteiger charge is -2.33. The second-order valence-electron chi connectivity index (χ2n) is 11.3. The summed E-state index contributed by atoms with van der Waals surface area (Å²) in [7, 11) is 0. The highest BCUT2D eigenvalue weighted by Gasteiger charge is 2.28. The van der Waals surface area contributed by atoms with Gasteiger partial charge in [-0.25, -0.2) is 14.8 Å². The number of benzene rings is 1. The molecule has 2 aliphatic heterocycles. The lowest BCUT2D eigenvalue weighted by Crippen LogP contribution is -2.41. The molecular weight excluding hydrogens is 494 g/mol. The van der Waals surface area contributed by atoms with Gasteiger partial charge in [0.25, 0.3) is 0 Å². The van der Waals surface area contributed by atoms with Gasteiger partial charge in [0.1, 0.15) is 17.5 Å². The van der Waals surface area contributed by atoms with Crippen molar-refractivity contribution in [1.29, 1.82) is 5.26 Å². The molecule has 1 amide bonds. The Kier molecular flexibility index (Phi) is 9.05. The number of amides is 1. The molecule has 4 rings (SSSR count). The average molecular weight is 534 g/mol. The number of piperidine rings is 2. The van der Waals surface area contributed by atoms with Crippen LogP contribution in [0.5, 0.6) is 0 Å². The van der Waals surface area contributed by atoms with Gasteiger partial charge in [0.2, 0.25) is 0 Å². The summed E-state index contributed by atoms with van der Waals surface area (Å²) in [5, 5.41) is 9.63. The molecule has 2 fully saturated rings. The van der Waals surface area contributed by atoms with Gasteiger partial charge in [0.15, 0.2) is 5.69 Å². The minimum atomic E-state index is -0.486. The summed E-state index contributed by atoms with van der Waals surface area (Å²) in [6.07, 6.45) is 5.16. The van der Waals surface area contributed by atoms with Crippen molar-refractivity contribution < 1.29 is 19.1 Å². The fraction of sp³-hybridized carbons (Fsp3) is 0.567. The Hall–Kier alpha value is -3.67. The number of rotatable bonds is 6. The van der Waals surface area contributed by atoms with Crippen LogP contribution in [-0.2, 0) is 20.7 Å². The molecule has 9 heteroatoms. The summed E-state index contributed by atoms with van der Waals surface area (Å²) < 4.78 is 10.7. The monoisotopic (exact) mass is 533 g/mol. The zero-order valence-electron chi connectivity index (χ0n) is 23.5. The first-order valence-electron chi connectivity index (χ1n) is 13.9. The molecule has 0 unspecified atom stereocenters. The summed E-state index contributed by atoms with van der Waals surface area (Å²) in [4.78, 5) is 37.5. The molecule has 0 aliphatic carbocycles. The Labute approximate surface area is 231 Å². The molecule has 1 aromatic carbocycles. The number of carbonyl (C=O) groups is 2. The van der Waals surface area contributed by atoms with Gasteiger partial charge >= 0.3 is 12.1 Å². The van der Waals surface area contributed by atoms with Crippen LogP contribution in [-0.4, -0.2) is 65.3 Å². The van der Waals surface area contributed by atoms with Crippen LogP contribution in [0.3, 0.4) is 0 Å². The average Bonchev–Trinajstić information content (AvgIpc) is 2.93. The smallest absolute Gasteiger partial charge is 0.410 e. The van der Waals surface area contributed by atoms with Crippen molar-refractivity contribution in [3.63, 3.8) is 0 Å². The van der Waals surface area contributed by atoms with E-state index < -0.39 is 5.60 Å². The molecule has 0 spiro atoms. The lowest BCUT2D eigenvalue weighted by molar-refractivity contribution is -0.148. The lowest BCUT2D eigenvalue weighted by atomic mass is 9.89. The van der Waals surface area contributed by atoms with Crippen molar-refractivity contribution in [2.45, 2.75) is 71.3 Å². The fourth-order valence-electron chi connectivity index (χ4n) is 5.21. The van der Waals surface area contributed by atoms with Gasteiger partial charge in [0, 0.05) is 32.6 Å². The van der Waals surface area contributed by atoms with Gasteiger partial charge in [-0.3, -0.25) is 4.79 Å². The zero-order valence-corrected chi connectivity index (χ0v) is 23.5. The summed E-state index contributed by atoms with van der Waals surface area (Å²) in [6, 6.07) is 10.7. The Morgan fingerprint density at radius 2 is 1.72 bits per heavy atom. The predicted octanol–water partition coefficient (Wildman–Crippen LogP) is 4.83. The van der Waals surface area contributed by atoms with Gasteiger partial charge in [0.05, 0.1) is 24.4 Å². The molecule has 0 N–H and O–H groups in total. The summed E-state index contributed by atoms with van der Waals surface area (Å²) in [6.45, 7) is 10.7. The van der Waals surface area contributed by atoms with Crippen LogP contribution in [0.2, 0.25) is 0 Å². The minimum Gasteiger partial charge on any atom is -0.466 e. The maximum Gasteiger partial charge on any atom is 0.410 e. The van der Waals surface area contributed by atoms with E-state index in [1.54, 1.807) is 11.1 Å². The van der Waals surface area contributed by atoms with Crippen LogP contribution >= 0.6 is 0 Å². The highest BCUT2D eigenvalue weighted by Crippen LogP contribution is 2.30. The summed E-state index contributed by atoms with van der Waals surface area (Å²) >= 11 is 0. The molecule has 0 radical (unpaired) electrons. The fourth-order valence-corrected chi connectivity index (χ4v) is 5.21. The number of hydrogen-bond donors (Lipinski definition) is 0. The van der Waals surface area contributed by atoms with Crippen LogP contribution in [0, 0.1) is 17.2 Å². The number of ether oxygens (including phenoxy) is 2. The first-order chi connectivity index (χ1) is 18.7. The van der Waals surface area contributed by atoms with Gasteiger partial charge in [-0.1, -0.05) is 24.3 Å². The normalized spacial score (nSPS) is 17.0. The van der Waals surface area contributed by atoms with E-state index in [4.69, 9.17) is 14.5 Å². The summed E-state index contributed by atoms with van der Waals surface area (Å²) in [5.41, 5.74) is 2.82. The van der Waals surface area contributed by atoms with Crippen LogP contribution in [0.4, 0.5) is 10.6 Å². The van der Waals surface area contributed by atoms with Crippen molar-refractivity contribution in [2.24, 2.45) is 5.92 Å². The number of nitrogens with zero attached hydrogens (tertiary/aromatic N) is 5. The third-order valence-electron chi connectivity index (χ3n) is 7.35. The molecule has 1 aromatic heterocycles. The van der Waals surface area contributed by atoms with Crippen molar-refractivity contribution in [1.82, 2.24) is 14.9 Å². The van der Waals surface area contributed by atoms with E-state index in [2.05, 4.69) is 40.2 Å². The number of anilines is 1. The first kappa shape index (κ1) is 28.3. The SMILES string of the molecule is CCOC(=O)C1CCN(c2cnc(C#N)c(Cc3ccc(C4CCN(C(=O)OC(C)(C)C)CC4)cc3)n2)CC1. The van der Waals surface area contributed by atoms with Crippen molar-refractivity contribution in [3.05, 3.63) is 53.0 Å². The second-order valence-corrected chi connectivity index (χ2v) is 11.3. The third kappa shape index (κ3) is 7.47. The highest BCUT2D eigenvalue weighted by molar-refractivity contribution is 5.72. The zero-order chi connectivity index (χ0) is 28.0.